The molecule has 0 unspecified atom stereocenters. The number of aryl methyl sites for hydroxylation is 1. The van der Waals surface area contributed by atoms with E-state index >= 15 is 0 Å². The molecule has 0 saturated carbocycles. The van der Waals surface area contributed by atoms with E-state index in [1.54, 1.807) is 0 Å². The minimum atomic E-state index is -0.419. The topological polar surface area (TPSA) is 59.0 Å². The van der Waals surface area contributed by atoms with Crippen LogP contribution in [-0.2, 0) is 16.8 Å². The molecule has 0 aliphatic carbocycles. The van der Waals surface area contributed by atoms with Gasteiger partial charge in [-0.25, -0.2) is 0 Å². The molecular weight excluding hydrogens is 312 g/mol. The van der Waals surface area contributed by atoms with Gasteiger partial charge in [0.2, 0.25) is 5.91 Å². The third-order valence-electron chi connectivity index (χ3n) is 5.57. The number of piperidine rings is 1. The number of aromatic nitrogens is 2. The van der Waals surface area contributed by atoms with E-state index in [1.165, 1.54) is 11.3 Å². The number of hydrogen-bond acceptors (Lipinski definition) is 3. The maximum atomic E-state index is 13.1. The van der Waals surface area contributed by atoms with E-state index in [2.05, 4.69) is 41.7 Å². The molecule has 0 atom stereocenters. The second-order valence-corrected chi connectivity index (χ2v) is 6.97. The first kappa shape index (κ1) is 17.7. The minimum absolute atomic E-state index is 0.137. The Morgan fingerprint density at radius 1 is 1.20 bits per heavy atom. The van der Waals surface area contributed by atoms with Gasteiger partial charge in [-0.05, 0) is 57.8 Å². The van der Waals surface area contributed by atoms with Crippen LogP contribution in [0.25, 0.3) is 0 Å². The standard InChI is InChI=1S/C20H28N4O/c1-15-16(2)23-24(17(15)3)14-13-22-19(25)20(9-11-21-12-10-20)18-7-5-4-6-8-18/h4-8,21H,9-14H2,1-3H3,(H,22,25). The van der Waals surface area contributed by atoms with Crippen molar-refractivity contribution in [3.63, 3.8) is 0 Å². The van der Waals surface area contributed by atoms with Gasteiger partial charge in [-0.15, -0.1) is 0 Å². The molecule has 0 radical (unpaired) electrons. The Balaban J connectivity index is 1.70. The lowest BCUT2D eigenvalue weighted by Gasteiger charge is -2.36. The van der Waals surface area contributed by atoms with Crippen molar-refractivity contribution in [3.8, 4) is 0 Å². The average molecular weight is 340 g/mol. The number of nitrogens with zero attached hydrogens (tertiary/aromatic N) is 2. The van der Waals surface area contributed by atoms with Gasteiger partial charge in [-0.1, -0.05) is 30.3 Å². The highest BCUT2D eigenvalue weighted by Gasteiger charge is 2.40. The maximum absolute atomic E-state index is 13.1. The summed E-state index contributed by atoms with van der Waals surface area (Å²) in [6.07, 6.45) is 1.67. The Hall–Kier alpha value is -2.14. The smallest absolute Gasteiger partial charge is 0.230 e. The Morgan fingerprint density at radius 3 is 2.48 bits per heavy atom. The first-order valence-corrected chi connectivity index (χ1v) is 9.10. The van der Waals surface area contributed by atoms with E-state index in [0.29, 0.717) is 13.1 Å². The predicted octanol–water partition coefficient (Wildman–Crippen LogP) is 2.25. The molecule has 5 heteroatoms. The van der Waals surface area contributed by atoms with Gasteiger partial charge in [0, 0.05) is 12.2 Å². The SMILES string of the molecule is Cc1nn(CCNC(=O)C2(c3ccccc3)CCNCC2)c(C)c1C. The van der Waals surface area contributed by atoms with Crippen LogP contribution in [0.15, 0.2) is 30.3 Å². The number of rotatable bonds is 5. The molecule has 0 bridgehead atoms. The largest absolute Gasteiger partial charge is 0.353 e. The van der Waals surface area contributed by atoms with Crippen LogP contribution in [0.5, 0.6) is 0 Å². The number of hydrogen-bond donors (Lipinski definition) is 2. The molecule has 1 amide bonds. The van der Waals surface area contributed by atoms with Crippen molar-refractivity contribution in [1.29, 1.82) is 0 Å². The van der Waals surface area contributed by atoms with Gasteiger partial charge in [0.1, 0.15) is 0 Å². The van der Waals surface area contributed by atoms with Crippen molar-refractivity contribution in [3.05, 3.63) is 52.8 Å². The van der Waals surface area contributed by atoms with Crippen molar-refractivity contribution in [1.82, 2.24) is 20.4 Å². The summed E-state index contributed by atoms with van der Waals surface area (Å²) in [6, 6.07) is 10.2. The summed E-state index contributed by atoms with van der Waals surface area (Å²) in [7, 11) is 0. The van der Waals surface area contributed by atoms with Gasteiger partial charge in [-0.3, -0.25) is 9.48 Å². The van der Waals surface area contributed by atoms with Gasteiger partial charge in [0.15, 0.2) is 0 Å². The molecule has 0 spiro atoms. The normalized spacial score (nSPS) is 16.6. The van der Waals surface area contributed by atoms with Crippen molar-refractivity contribution in [2.45, 2.75) is 45.6 Å². The maximum Gasteiger partial charge on any atom is 0.230 e. The van der Waals surface area contributed by atoms with Gasteiger partial charge >= 0.3 is 0 Å². The van der Waals surface area contributed by atoms with Crippen LogP contribution in [0.4, 0.5) is 0 Å². The van der Waals surface area contributed by atoms with Crippen molar-refractivity contribution >= 4 is 5.91 Å². The molecule has 2 heterocycles. The zero-order valence-electron chi connectivity index (χ0n) is 15.4. The fraction of sp³-hybridized carbons (Fsp3) is 0.500. The van der Waals surface area contributed by atoms with Crippen molar-refractivity contribution in [2.75, 3.05) is 19.6 Å². The van der Waals surface area contributed by atoms with Crippen LogP contribution < -0.4 is 10.6 Å². The lowest BCUT2D eigenvalue weighted by atomic mass is 9.72. The third-order valence-corrected chi connectivity index (χ3v) is 5.57. The minimum Gasteiger partial charge on any atom is -0.353 e. The molecule has 1 aliphatic rings. The van der Waals surface area contributed by atoms with E-state index in [9.17, 15) is 4.79 Å². The molecule has 134 valence electrons. The highest BCUT2D eigenvalue weighted by molar-refractivity contribution is 5.88. The van der Waals surface area contributed by atoms with E-state index in [0.717, 1.165) is 37.2 Å². The van der Waals surface area contributed by atoms with Crippen LogP contribution >= 0.6 is 0 Å². The van der Waals surface area contributed by atoms with Crippen LogP contribution in [0.2, 0.25) is 0 Å². The highest BCUT2D eigenvalue weighted by atomic mass is 16.2. The number of amides is 1. The molecule has 1 fully saturated rings. The first-order chi connectivity index (χ1) is 12.0. The molecule has 1 saturated heterocycles. The van der Waals surface area contributed by atoms with Crippen molar-refractivity contribution < 1.29 is 4.79 Å². The molecule has 1 aromatic carbocycles. The average Bonchev–Trinajstić information content (AvgIpc) is 2.90. The number of carbonyl (C=O) groups excluding carboxylic acids is 1. The summed E-state index contributed by atoms with van der Waals surface area (Å²) in [6.45, 7) is 9.24. The Bertz CT molecular complexity index is 730. The molecule has 2 aromatic rings. The number of carbonyl (C=O) groups is 1. The van der Waals surface area contributed by atoms with Gasteiger partial charge in [0.05, 0.1) is 17.7 Å². The molecule has 1 aromatic heterocycles. The molecule has 5 nitrogen and oxygen atoms in total. The molecule has 25 heavy (non-hydrogen) atoms. The molecule has 2 N–H and O–H groups in total. The summed E-state index contributed by atoms with van der Waals surface area (Å²) in [4.78, 5) is 13.1. The van der Waals surface area contributed by atoms with Crippen LogP contribution in [0.1, 0.15) is 35.4 Å². The first-order valence-electron chi connectivity index (χ1n) is 9.10. The zero-order chi connectivity index (χ0) is 17.9. The predicted molar refractivity (Wildman–Crippen MR) is 99.7 cm³/mol. The summed E-state index contributed by atoms with van der Waals surface area (Å²) in [5.41, 5.74) is 4.16. The summed E-state index contributed by atoms with van der Waals surface area (Å²) in [5, 5.41) is 11.1. The van der Waals surface area contributed by atoms with Gasteiger partial charge in [-0.2, -0.15) is 5.10 Å². The lowest BCUT2D eigenvalue weighted by molar-refractivity contribution is -0.127. The summed E-state index contributed by atoms with van der Waals surface area (Å²) >= 11 is 0. The van der Waals surface area contributed by atoms with E-state index in [4.69, 9.17) is 0 Å². The van der Waals surface area contributed by atoms with Crippen LogP contribution in [0.3, 0.4) is 0 Å². The fourth-order valence-corrected chi connectivity index (χ4v) is 3.71. The second-order valence-electron chi connectivity index (χ2n) is 6.97. The number of benzene rings is 1. The molecular formula is C20H28N4O. The zero-order valence-corrected chi connectivity index (χ0v) is 15.4. The summed E-state index contributed by atoms with van der Waals surface area (Å²) in [5.74, 6) is 0.137. The van der Waals surface area contributed by atoms with Crippen LogP contribution in [-0.4, -0.2) is 35.3 Å². The molecule has 3 rings (SSSR count). The quantitative estimate of drug-likeness (QED) is 0.878. The lowest BCUT2D eigenvalue weighted by Crippen LogP contribution is -2.51. The Labute approximate surface area is 149 Å². The van der Waals surface area contributed by atoms with E-state index in [1.807, 2.05) is 29.8 Å². The summed E-state index contributed by atoms with van der Waals surface area (Å²) < 4.78 is 1.99. The van der Waals surface area contributed by atoms with E-state index in [-0.39, 0.29) is 5.91 Å². The third kappa shape index (κ3) is 3.47. The highest BCUT2D eigenvalue weighted by Crippen LogP contribution is 2.33. The van der Waals surface area contributed by atoms with E-state index < -0.39 is 5.41 Å². The van der Waals surface area contributed by atoms with Crippen molar-refractivity contribution in [2.24, 2.45) is 0 Å². The monoisotopic (exact) mass is 340 g/mol. The Morgan fingerprint density at radius 2 is 1.88 bits per heavy atom. The molecule has 1 aliphatic heterocycles. The van der Waals surface area contributed by atoms with Crippen LogP contribution in [0, 0.1) is 20.8 Å². The Kier molecular flexibility index (Phi) is 5.23. The van der Waals surface area contributed by atoms with Gasteiger partial charge < -0.3 is 10.6 Å². The fourth-order valence-electron chi connectivity index (χ4n) is 3.71. The number of nitrogens with one attached hydrogen (secondary N) is 2. The second kappa shape index (κ2) is 7.40. The van der Waals surface area contributed by atoms with Gasteiger partial charge in [0.25, 0.3) is 0 Å².